The van der Waals surface area contributed by atoms with Crippen LogP contribution in [0.15, 0.2) is 48.5 Å². The van der Waals surface area contributed by atoms with Crippen molar-refractivity contribution < 1.29 is 8.42 Å². The lowest BCUT2D eigenvalue weighted by molar-refractivity contribution is 0.580. The monoisotopic (exact) mass is 344 g/mol. The summed E-state index contributed by atoms with van der Waals surface area (Å²) >= 11 is 0. The van der Waals surface area contributed by atoms with Crippen LogP contribution in [-0.2, 0) is 22.3 Å². The van der Waals surface area contributed by atoms with Gasteiger partial charge in [-0.1, -0.05) is 36.4 Å². The average Bonchev–Trinajstić information content (AvgIpc) is 3.10. The molecule has 5 heteroatoms. The summed E-state index contributed by atoms with van der Waals surface area (Å²) in [6, 6.07) is 15.7. The number of nitrogens with one attached hydrogen (secondary N) is 1. The minimum Gasteiger partial charge on any atom is -0.372 e. The van der Waals surface area contributed by atoms with E-state index in [0.717, 1.165) is 29.8 Å². The van der Waals surface area contributed by atoms with E-state index in [4.69, 9.17) is 0 Å². The first-order valence-electron chi connectivity index (χ1n) is 8.39. The predicted octanol–water partition coefficient (Wildman–Crippen LogP) is 3.21. The molecule has 0 unspecified atom stereocenters. The van der Waals surface area contributed by atoms with Crippen molar-refractivity contribution in [2.75, 3.05) is 18.0 Å². The van der Waals surface area contributed by atoms with Crippen molar-refractivity contribution in [1.29, 1.82) is 0 Å². The molecule has 1 aliphatic heterocycles. The van der Waals surface area contributed by atoms with Crippen LogP contribution in [0.2, 0.25) is 0 Å². The second kappa shape index (κ2) is 7.36. The van der Waals surface area contributed by atoms with Crippen LogP contribution >= 0.6 is 0 Å². The molecule has 0 radical (unpaired) electrons. The summed E-state index contributed by atoms with van der Waals surface area (Å²) in [5, 5.41) is 0. The Labute approximate surface area is 144 Å². The number of benzene rings is 2. The summed E-state index contributed by atoms with van der Waals surface area (Å²) in [5.41, 5.74) is 4.04. The zero-order valence-corrected chi connectivity index (χ0v) is 14.8. The number of rotatable bonds is 6. The first kappa shape index (κ1) is 17.0. The Morgan fingerprint density at radius 2 is 1.67 bits per heavy atom. The Bertz CT molecular complexity index is 779. The number of aryl methyl sites for hydroxylation is 1. The summed E-state index contributed by atoms with van der Waals surface area (Å²) in [4.78, 5) is 2.37. The highest BCUT2D eigenvalue weighted by Crippen LogP contribution is 2.20. The van der Waals surface area contributed by atoms with Gasteiger partial charge in [-0.15, -0.1) is 0 Å². The van der Waals surface area contributed by atoms with Gasteiger partial charge in [-0.25, -0.2) is 13.1 Å². The fourth-order valence-electron chi connectivity index (χ4n) is 3.02. The highest BCUT2D eigenvalue weighted by atomic mass is 32.2. The van der Waals surface area contributed by atoms with Crippen LogP contribution in [-0.4, -0.2) is 21.5 Å². The SMILES string of the molecule is Cc1ccccc1CS(=O)(=O)NCc1ccc(N2CCCC2)cc1. The maximum atomic E-state index is 12.3. The lowest BCUT2D eigenvalue weighted by Gasteiger charge is -2.17. The van der Waals surface area contributed by atoms with Gasteiger partial charge in [0.15, 0.2) is 0 Å². The molecule has 1 saturated heterocycles. The maximum absolute atomic E-state index is 12.3. The van der Waals surface area contributed by atoms with E-state index < -0.39 is 10.0 Å². The number of anilines is 1. The van der Waals surface area contributed by atoms with Gasteiger partial charge in [-0.2, -0.15) is 0 Å². The molecule has 2 aromatic rings. The molecule has 0 amide bonds. The molecule has 4 nitrogen and oxygen atoms in total. The zero-order chi connectivity index (χ0) is 17.0. The molecule has 0 saturated carbocycles. The molecular weight excluding hydrogens is 320 g/mol. The summed E-state index contributed by atoms with van der Waals surface area (Å²) in [7, 11) is -3.34. The van der Waals surface area contributed by atoms with Crippen molar-refractivity contribution in [3.63, 3.8) is 0 Å². The standard InChI is InChI=1S/C19H24N2O2S/c1-16-6-2-3-7-18(16)15-24(22,23)20-14-17-8-10-19(11-9-17)21-12-4-5-13-21/h2-3,6-11,20H,4-5,12-15H2,1H3. The molecule has 128 valence electrons. The molecule has 1 fully saturated rings. The van der Waals surface area contributed by atoms with Crippen LogP contribution in [0.1, 0.15) is 29.5 Å². The summed E-state index contributed by atoms with van der Waals surface area (Å²) in [6.07, 6.45) is 2.50. The highest BCUT2D eigenvalue weighted by molar-refractivity contribution is 7.88. The topological polar surface area (TPSA) is 49.4 Å². The number of hydrogen-bond acceptors (Lipinski definition) is 3. The van der Waals surface area contributed by atoms with Crippen molar-refractivity contribution in [2.45, 2.75) is 32.1 Å². The van der Waals surface area contributed by atoms with E-state index in [9.17, 15) is 8.42 Å². The molecule has 1 N–H and O–H groups in total. The van der Waals surface area contributed by atoms with Gasteiger partial charge in [0.05, 0.1) is 5.75 Å². The van der Waals surface area contributed by atoms with Crippen molar-refractivity contribution in [2.24, 2.45) is 0 Å². The van der Waals surface area contributed by atoms with Crippen molar-refractivity contribution in [3.8, 4) is 0 Å². The van der Waals surface area contributed by atoms with Gasteiger partial charge in [0.2, 0.25) is 10.0 Å². The van der Waals surface area contributed by atoms with Crippen LogP contribution in [0.5, 0.6) is 0 Å². The minimum absolute atomic E-state index is 0.0194. The maximum Gasteiger partial charge on any atom is 0.216 e. The first-order chi connectivity index (χ1) is 11.5. The number of nitrogens with zero attached hydrogens (tertiary/aromatic N) is 1. The minimum atomic E-state index is -3.34. The van der Waals surface area contributed by atoms with Crippen LogP contribution in [0.25, 0.3) is 0 Å². The molecule has 0 atom stereocenters. The first-order valence-corrected chi connectivity index (χ1v) is 10.0. The molecule has 0 bridgehead atoms. The van der Waals surface area contributed by atoms with Crippen LogP contribution in [0.4, 0.5) is 5.69 Å². The van der Waals surface area contributed by atoms with Gasteiger partial charge in [0, 0.05) is 25.3 Å². The van der Waals surface area contributed by atoms with Gasteiger partial charge < -0.3 is 4.90 Å². The van der Waals surface area contributed by atoms with Crippen molar-refractivity contribution in [3.05, 3.63) is 65.2 Å². The Kier molecular flexibility index (Phi) is 5.21. The average molecular weight is 344 g/mol. The van der Waals surface area contributed by atoms with Crippen LogP contribution < -0.4 is 9.62 Å². The third-order valence-corrected chi connectivity index (χ3v) is 5.79. The molecule has 2 aromatic carbocycles. The molecule has 0 spiro atoms. The van der Waals surface area contributed by atoms with Gasteiger partial charge in [0.25, 0.3) is 0 Å². The highest BCUT2D eigenvalue weighted by Gasteiger charge is 2.14. The van der Waals surface area contributed by atoms with E-state index in [1.165, 1.54) is 18.5 Å². The van der Waals surface area contributed by atoms with E-state index in [2.05, 4.69) is 21.8 Å². The molecule has 0 aliphatic carbocycles. The molecule has 24 heavy (non-hydrogen) atoms. The fourth-order valence-corrected chi connectivity index (χ4v) is 4.24. The quantitative estimate of drug-likeness (QED) is 0.875. The second-order valence-corrected chi connectivity index (χ2v) is 8.17. The zero-order valence-electron chi connectivity index (χ0n) is 14.0. The second-order valence-electron chi connectivity index (χ2n) is 6.37. The van der Waals surface area contributed by atoms with E-state index in [-0.39, 0.29) is 5.75 Å². The van der Waals surface area contributed by atoms with Gasteiger partial charge >= 0.3 is 0 Å². The Morgan fingerprint density at radius 3 is 2.33 bits per heavy atom. The van der Waals surface area contributed by atoms with E-state index in [1.54, 1.807) is 0 Å². The number of hydrogen-bond donors (Lipinski definition) is 1. The Hall–Kier alpha value is -1.85. The van der Waals surface area contributed by atoms with Crippen molar-refractivity contribution in [1.82, 2.24) is 4.72 Å². The summed E-state index contributed by atoms with van der Waals surface area (Å²) < 4.78 is 27.3. The lowest BCUT2D eigenvalue weighted by Crippen LogP contribution is -2.25. The molecule has 0 aromatic heterocycles. The van der Waals surface area contributed by atoms with Gasteiger partial charge in [0.1, 0.15) is 0 Å². The van der Waals surface area contributed by atoms with Crippen LogP contribution in [0.3, 0.4) is 0 Å². The Balaban J connectivity index is 1.59. The largest absolute Gasteiger partial charge is 0.372 e. The van der Waals surface area contributed by atoms with Gasteiger partial charge in [-0.3, -0.25) is 0 Å². The normalized spacial score (nSPS) is 15.0. The van der Waals surface area contributed by atoms with E-state index in [1.807, 2.05) is 43.3 Å². The molecular formula is C19H24N2O2S. The van der Waals surface area contributed by atoms with Gasteiger partial charge in [-0.05, 0) is 48.6 Å². The third-order valence-electron chi connectivity index (χ3n) is 4.51. The lowest BCUT2D eigenvalue weighted by atomic mass is 10.1. The van der Waals surface area contributed by atoms with E-state index in [0.29, 0.717) is 6.54 Å². The summed E-state index contributed by atoms with van der Waals surface area (Å²) in [6.45, 7) is 4.49. The fraction of sp³-hybridized carbons (Fsp3) is 0.368. The number of sulfonamides is 1. The third kappa shape index (κ3) is 4.36. The van der Waals surface area contributed by atoms with Crippen molar-refractivity contribution >= 4 is 15.7 Å². The Morgan fingerprint density at radius 1 is 1.00 bits per heavy atom. The molecule has 3 rings (SSSR count). The predicted molar refractivity (Wildman–Crippen MR) is 98.5 cm³/mol. The summed E-state index contributed by atoms with van der Waals surface area (Å²) in [5.74, 6) is 0.0194. The van der Waals surface area contributed by atoms with Crippen LogP contribution in [0, 0.1) is 6.92 Å². The molecule has 1 aliphatic rings. The smallest absolute Gasteiger partial charge is 0.216 e. The van der Waals surface area contributed by atoms with E-state index >= 15 is 0 Å². The molecule has 1 heterocycles.